The smallest absolute Gasteiger partial charge is 0.335 e. The lowest BCUT2D eigenvalue weighted by atomic mass is 10.1. The number of carbonyl (C=O) groups is 1. The SMILES string of the molecule is O=C(O)c1ccc(N=Cc2ccc(-c3cc([N+](=O)[O-])ccc3Cl)o2)cc1. The molecule has 0 unspecified atom stereocenters. The number of aromatic carboxylic acids is 1. The second-order valence-electron chi connectivity index (χ2n) is 5.23. The summed E-state index contributed by atoms with van der Waals surface area (Å²) in [6.45, 7) is 0. The van der Waals surface area contributed by atoms with Crippen molar-refractivity contribution < 1.29 is 19.2 Å². The lowest BCUT2D eigenvalue weighted by molar-refractivity contribution is -0.384. The average Bonchev–Trinajstić information content (AvgIpc) is 3.09. The number of carboxylic acid groups (broad SMARTS) is 1. The van der Waals surface area contributed by atoms with E-state index in [-0.39, 0.29) is 11.3 Å². The highest BCUT2D eigenvalue weighted by Gasteiger charge is 2.14. The number of rotatable bonds is 5. The minimum atomic E-state index is -1.01. The Morgan fingerprint density at radius 1 is 1.15 bits per heavy atom. The quantitative estimate of drug-likeness (QED) is 0.388. The highest BCUT2D eigenvalue weighted by molar-refractivity contribution is 6.33. The van der Waals surface area contributed by atoms with Crippen LogP contribution in [0.1, 0.15) is 16.1 Å². The van der Waals surface area contributed by atoms with E-state index in [1.54, 1.807) is 24.3 Å². The minimum absolute atomic E-state index is 0.0884. The van der Waals surface area contributed by atoms with Crippen LogP contribution >= 0.6 is 11.6 Å². The van der Waals surface area contributed by atoms with Crippen molar-refractivity contribution in [2.75, 3.05) is 0 Å². The maximum Gasteiger partial charge on any atom is 0.335 e. The Bertz CT molecular complexity index is 1010. The molecule has 0 saturated heterocycles. The van der Waals surface area contributed by atoms with Crippen LogP contribution in [0, 0.1) is 10.1 Å². The highest BCUT2D eigenvalue weighted by Crippen LogP contribution is 2.32. The molecule has 0 saturated carbocycles. The minimum Gasteiger partial charge on any atom is -0.478 e. The van der Waals surface area contributed by atoms with Gasteiger partial charge >= 0.3 is 5.97 Å². The summed E-state index contributed by atoms with van der Waals surface area (Å²) in [6.07, 6.45) is 1.46. The number of nitrogens with zero attached hydrogens (tertiary/aromatic N) is 2. The van der Waals surface area contributed by atoms with Crippen LogP contribution in [-0.4, -0.2) is 22.2 Å². The number of furan rings is 1. The molecule has 0 aliphatic carbocycles. The van der Waals surface area contributed by atoms with Gasteiger partial charge in [-0.15, -0.1) is 0 Å². The number of halogens is 1. The Hall–Kier alpha value is -3.45. The van der Waals surface area contributed by atoms with Crippen LogP contribution in [0.15, 0.2) is 64.0 Å². The van der Waals surface area contributed by atoms with E-state index < -0.39 is 10.9 Å². The third-order valence-electron chi connectivity index (χ3n) is 3.51. The number of benzene rings is 2. The Balaban J connectivity index is 1.83. The second-order valence-corrected chi connectivity index (χ2v) is 5.64. The predicted molar refractivity (Wildman–Crippen MR) is 96.5 cm³/mol. The first-order chi connectivity index (χ1) is 12.4. The van der Waals surface area contributed by atoms with E-state index in [9.17, 15) is 14.9 Å². The van der Waals surface area contributed by atoms with Gasteiger partial charge in [0.2, 0.25) is 0 Å². The average molecular weight is 371 g/mol. The highest BCUT2D eigenvalue weighted by atomic mass is 35.5. The van der Waals surface area contributed by atoms with E-state index in [0.29, 0.717) is 27.8 Å². The van der Waals surface area contributed by atoms with Crippen molar-refractivity contribution in [3.63, 3.8) is 0 Å². The van der Waals surface area contributed by atoms with E-state index in [4.69, 9.17) is 21.1 Å². The molecular weight excluding hydrogens is 360 g/mol. The van der Waals surface area contributed by atoms with E-state index >= 15 is 0 Å². The van der Waals surface area contributed by atoms with Crippen LogP contribution in [0.3, 0.4) is 0 Å². The zero-order valence-electron chi connectivity index (χ0n) is 13.1. The molecule has 1 heterocycles. The van der Waals surface area contributed by atoms with Crippen LogP contribution in [-0.2, 0) is 0 Å². The van der Waals surface area contributed by atoms with Crippen molar-refractivity contribution in [2.24, 2.45) is 4.99 Å². The van der Waals surface area contributed by atoms with Crippen molar-refractivity contribution in [3.05, 3.63) is 81.1 Å². The molecule has 0 aliphatic heterocycles. The summed E-state index contributed by atoms with van der Waals surface area (Å²) in [7, 11) is 0. The first-order valence-electron chi connectivity index (χ1n) is 7.35. The molecule has 8 heteroatoms. The number of aliphatic imine (C=N–C) groups is 1. The molecule has 1 N–H and O–H groups in total. The van der Waals surface area contributed by atoms with Crippen molar-refractivity contribution in [3.8, 4) is 11.3 Å². The van der Waals surface area contributed by atoms with Crippen LogP contribution in [0.25, 0.3) is 11.3 Å². The summed E-state index contributed by atoms with van der Waals surface area (Å²) < 4.78 is 5.62. The van der Waals surface area contributed by atoms with Gasteiger partial charge in [0.15, 0.2) is 0 Å². The van der Waals surface area contributed by atoms with Gasteiger partial charge in [-0.2, -0.15) is 0 Å². The zero-order valence-corrected chi connectivity index (χ0v) is 13.9. The standard InChI is InChI=1S/C18H11ClN2O5/c19-16-7-5-13(21(24)25)9-15(16)17-8-6-14(26-17)10-20-12-3-1-11(2-4-12)18(22)23/h1-10H,(H,22,23). The summed E-state index contributed by atoms with van der Waals surface area (Å²) in [6, 6.07) is 13.4. The molecule has 0 amide bonds. The van der Waals surface area contributed by atoms with Crippen molar-refractivity contribution >= 4 is 35.2 Å². The van der Waals surface area contributed by atoms with Crippen LogP contribution in [0.2, 0.25) is 5.02 Å². The van der Waals surface area contributed by atoms with Gasteiger partial charge in [-0.05, 0) is 42.5 Å². The second kappa shape index (κ2) is 7.20. The molecule has 3 rings (SSSR count). The van der Waals surface area contributed by atoms with E-state index in [2.05, 4.69) is 4.99 Å². The fourth-order valence-corrected chi connectivity index (χ4v) is 2.42. The van der Waals surface area contributed by atoms with Gasteiger partial charge in [-0.25, -0.2) is 4.79 Å². The number of hydrogen-bond acceptors (Lipinski definition) is 5. The maximum absolute atomic E-state index is 10.9. The number of carboxylic acids is 1. The molecule has 0 aliphatic rings. The predicted octanol–water partition coefficient (Wildman–Crippen LogP) is 4.96. The number of hydrogen-bond donors (Lipinski definition) is 1. The third-order valence-corrected chi connectivity index (χ3v) is 3.84. The summed E-state index contributed by atoms with van der Waals surface area (Å²) in [5.41, 5.74) is 1.05. The molecule has 0 fully saturated rings. The van der Waals surface area contributed by atoms with E-state index in [0.717, 1.165) is 0 Å². The van der Waals surface area contributed by atoms with Gasteiger partial charge in [-0.3, -0.25) is 15.1 Å². The number of nitro groups is 1. The van der Waals surface area contributed by atoms with Crippen molar-refractivity contribution in [1.29, 1.82) is 0 Å². The van der Waals surface area contributed by atoms with Gasteiger partial charge in [0.25, 0.3) is 5.69 Å². The lowest BCUT2D eigenvalue weighted by Gasteiger charge is -2.00. The fourth-order valence-electron chi connectivity index (χ4n) is 2.21. The number of nitro benzene ring substituents is 1. The van der Waals surface area contributed by atoms with E-state index in [1.165, 1.54) is 36.5 Å². The molecule has 0 bridgehead atoms. The molecule has 7 nitrogen and oxygen atoms in total. The molecule has 0 radical (unpaired) electrons. The van der Waals surface area contributed by atoms with Crippen molar-refractivity contribution in [1.82, 2.24) is 0 Å². The zero-order chi connectivity index (χ0) is 18.7. The van der Waals surface area contributed by atoms with Gasteiger partial charge in [0.1, 0.15) is 11.5 Å². The van der Waals surface area contributed by atoms with Gasteiger partial charge in [0.05, 0.1) is 27.4 Å². The normalized spacial score (nSPS) is 11.0. The molecule has 2 aromatic carbocycles. The van der Waals surface area contributed by atoms with Gasteiger partial charge in [0, 0.05) is 17.7 Å². The van der Waals surface area contributed by atoms with Crippen LogP contribution < -0.4 is 0 Å². The van der Waals surface area contributed by atoms with E-state index in [1.807, 2.05) is 0 Å². The topological polar surface area (TPSA) is 106 Å². The first kappa shape index (κ1) is 17.4. The summed E-state index contributed by atoms with van der Waals surface area (Å²) >= 11 is 6.09. The molecule has 1 aromatic heterocycles. The third kappa shape index (κ3) is 3.79. The summed E-state index contributed by atoms with van der Waals surface area (Å²) in [5, 5.41) is 20.1. The Labute approximate surface area is 152 Å². The van der Waals surface area contributed by atoms with Crippen LogP contribution in [0.5, 0.6) is 0 Å². The first-order valence-corrected chi connectivity index (χ1v) is 7.73. The maximum atomic E-state index is 10.9. The van der Waals surface area contributed by atoms with Gasteiger partial charge in [-0.1, -0.05) is 11.6 Å². The Kier molecular flexibility index (Phi) is 4.81. The summed E-state index contributed by atoms with van der Waals surface area (Å²) in [5.74, 6) is -0.212. The summed E-state index contributed by atoms with van der Waals surface area (Å²) in [4.78, 5) is 25.4. The number of non-ortho nitro benzene ring substituents is 1. The monoisotopic (exact) mass is 370 g/mol. The van der Waals surface area contributed by atoms with Gasteiger partial charge < -0.3 is 9.52 Å². The molecular formula is C18H11ClN2O5. The molecule has 0 atom stereocenters. The Morgan fingerprint density at radius 3 is 2.54 bits per heavy atom. The molecule has 130 valence electrons. The fraction of sp³-hybridized carbons (Fsp3) is 0. The molecule has 26 heavy (non-hydrogen) atoms. The van der Waals surface area contributed by atoms with Crippen LogP contribution in [0.4, 0.5) is 11.4 Å². The molecule has 0 spiro atoms. The largest absolute Gasteiger partial charge is 0.478 e. The lowest BCUT2D eigenvalue weighted by Crippen LogP contribution is -1.94. The molecule has 3 aromatic rings. The Morgan fingerprint density at radius 2 is 1.88 bits per heavy atom. The van der Waals surface area contributed by atoms with Crippen molar-refractivity contribution in [2.45, 2.75) is 0 Å².